The summed E-state index contributed by atoms with van der Waals surface area (Å²) in [5.41, 5.74) is 1.89. The minimum atomic E-state index is -0.726. The van der Waals surface area contributed by atoms with Gasteiger partial charge in [0.05, 0.1) is 5.69 Å². The average Bonchev–Trinajstić information content (AvgIpc) is 2.96. The molecule has 2 aliphatic rings. The van der Waals surface area contributed by atoms with Crippen LogP contribution in [0.5, 0.6) is 0 Å². The Bertz CT molecular complexity index is 433. The quantitative estimate of drug-likeness (QED) is 0.826. The Balaban J connectivity index is 1.92. The van der Waals surface area contributed by atoms with Crippen molar-refractivity contribution in [1.82, 2.24) is 9.97 Å². The lowest BCUT2D eigenvalue weighted by Crippen LogP contribution is -2.17. The molecule has 1 aromatic rings. The number of imidazole rings is 1. The second kappa shape index (κ2) is 4.17. The third-order valence-corrected chi connectivity index (χ3v) is 4.12. The van der Waals surface area contributed by atoms with E-state index in [0.29, 0.717) is 5.92 Å². The minimum Gasteiger partial charge on any atom is -0.481 e. The van der Waals surface area contributed by atoms with Crippen molar-refractivity contribution in [3.63, 3.8) is 0 Å². The fraction of sp³-hybridized carbons (Fsp3) is 0.692. The number of aromatic amines is 1. The summed E-state index contributed by atoms with van der Waals surface area (Å²) >= 11 is 0. The number of aliphatic carboxylic acids is 1. The van der Waals surface area contributed by atoms with E-state index in [1.54, 1.807) is 0 Å². The van der Waals surface area contributed by atoms with Gasteiger partial charge < -0.3 is 10.1 Å². The zero-order chi connectivity index (χ0) is 11.8. The van der Waals surface area contributed by atoms with Gasteiger partial charge in [0.2, 0.25) is 0 Å². The highest BCUT2D eigenvalue weighted by Gasteiger charge is 2.31. The summed E-state index contributed by atoms with van der Waals surface area (Å²) in [6.45, 7) is 0. The Hall–Kier alpha value is -1.32. The van der Waals surface area contributed by atoms with E-state index >= 15 is 0 Å². The summed E-state index contributed by atoms with van der Waals surface area (Å²) in [5.74, 6) is 0.469. The number of rotatable bonds is 2. The topological polar surface area (TPSA) is 66.0 Å². The first-order valence-electron chi connectivity index (χ1n) is 6.57. The molecule has 1 heterocycles. The maximum Gasteiger partial charge on any atom is 0.312 e. The number of nitrogens with zero attached hydrogens (tertiary/aromatic N) is 1. The lowest BCUT2D eigenvalue weighted by molar-refractivity contribution is -0.139. The maximum atomic E-state index is 11.2. The highest BCUT2D eigenvalue weighted by atomic mass is 16.4. The van der Waals surface area contributed by atoms with E-state index in [0.717, 1.165) is 36.5 Å². The Kier molecular flexibility index (Phi) is 2.65. The van der Waals surface area contributed by atoms with Gasteiger partial charge >= 0.3 is 5.97 Å². The predicted molar refractivity (Wildman–Crippen MR) is 63.1 cm³/mol. The standard InChI is InChI=1S/C13H18N2O2/c16-13(17)9-6-3-7-10-11(9)15-12(14-10)8-4-1-2-5-8/h8-9H,1-7H2,(H,14,15)(H,16,17). The lowest BCUT2D eigenvalue weighted by atomic mass is 9.90. The number of carboxylic acids is 1. The third kappa shape index (κ3) is 1.85. The molecule has 0 amide bonds. The van der Waals surface area contributed by atoms with Crippen molar-refractivity contribution < 1.29 is 9.90 Å². The average molecular weight is 234 g/mol. The van der Waals surface area contributed by atoms with Crippen molar-refractivity contribution in [1.29, 1.82) is 0 Å². The molecular formula is C13H18N2O2. The van der Waals surface area contributed by atoms with Crippen molar-refractivity contribution in [3.8, 4) is 0 Å². The molecule has 17 heavy (non-hydrogen) atoms. The highest BCUT2D eigenvalue weighted by Crippen LogP contribution is 2.36. The van der Waals surface area contributed by atoms with Gasteiger partial charge in [-0.05, 0) is 32.1 Å². The molecule has 92 valence electrons. The molecule has 0 bridgehead atoms. The highest BCUT2D eigenvalue weighted by molar-refractivity contribution is 5.76. The van der Waals surface area contributed by atoms with Gasteiger partial charge in [0.25, 0.3) is 0 Å². The van der Waals surface area contributed by atoms with E-state index in [-0.39, 0.29) is 5.92 Å². The van der Waals surface area contributed by atoms with E-state index < -0.39 is 5.97 Å². The molecule has 4 nitrogen and oxygen atoms in total. The van der Waals surface area contributed by atoms with Crippen LogP contribution >= 0.6 is 0 Å². The lowest BCUT2D eigenvalue weighted by Gasteiger charge is -2.16. The van der Waals surface area contributed by atoms with Crippen LogP contribution < -0.4 is 0 Å². The second-order valence-electron chi connectivity index (χ2n) is 5.25. The normalized spacial score (nSPS) is 24.8. The molecule has 0 spiro atoms. The smallest absolute Gasteiger partial charge is 0.312 e. The van der Waals surface area contributed by atoms with E-state index in [9.17, 15) is 9.90 Å². The number of carbonyl (C=O) groups is 1. The van der Waals surface area contributed by atoms with Crippen LogP contribution in [-0.2, 0) is 11.2 Å². The predicted octanol–water partition coefficient (Wildman–Crippen LogP) is 2.57. The summed E-state index contributed by atoms with van der Waals surface area (Å²) < 4.78 is 0. The van der Waals surface area contributed by atoms with Gasteiger partial charge in [-0.25, -0.2) is 4.98 Å². The molecule has 2 aliphatic carbocycles. The first kappa shape index (κ1) is 10.8. The number of hydrogen-bond donors (Lipinski definition) is 2. The summed E-state index contributed by atoms with van der Waals surface area (Å²) in [4.78, 5) is 19.2. The number of nitrogens with one attached hydrogen (secondary N) is 1. The van der Waals surface area contributed by atoms with Crippen LogP contribution in [0, 0.1) is 0 Å². The molecular weight excluding hydrogens is 216 g/mol. The molecule has 0 aliphatic heterocycles. The largest absolute Gasteiger partial charge is 0.481 e. The van der Waals surface area contributed by atoms with Gasteiger partial charge in [-0.2, -0.15) is 0 Å². The van der Waals surface area contributed by atoms with E-state index in [1.165, 1.54) is 25.7 Å². The van der Waals surface area contributed by atoms with Crippen LogP contribution in [0.3, 0.4) is 0 Å². The number of hydrogen-bond acceptors (Lipinski definition) is 2. The minimum absolute atomic E-state index is 0.384. The molecule has 2 N–H and O–H groups in total. The summed E-state index contributed by atoms with van der Waals surface area (Å²) in [6, 6.07) is 0. The van der Waals surface area contributed by atoms with Gasteiger partial charge in [-0.1, -0.05) is 12.8 Å². The SMILES string of the molecule is O=C(O)C1CCCc2[nH]c(C3CCCC3)nc21. The molecule has 0 aromatic carbocycles. The molecule has 1 atom stereocenters. The van der Waals surface area contributed by atoms with Crippen LogP contribution in [0.25, 0.3) is 0 Å². The van der Waals surface area contributed by atoms with Crippen LogP contribution in [0.1, 0.15) is 67.6 Å². The van der Waals surface area contributed by atoms with Gasteiger partial charge in [0.1, 0.15) is 11.7 Å². The Morgan fingerprint density at radius 1 is 1.24 bits per heavy atom. The first-order valence-corrected chi connectivity index (χ1v) is 6.57. The summed E-state index contributed by atoms with van der Waals surface area (Å²) in [5, 5.41) is 9.21. The van der Waals surface area contributed by atoms with Crippen LogP contribution in [0.2, 0.25) is 0 Å². The third-order valence-electron chi connectivity index (χ3n) is 4.12. The number of carboxylic acid groups (broad SMARTS) is 1. The maximum absolute atomic E-state index is 11.2. The second-order valence-corrected chi connectivity index (χ2v) is 5.25. The fourth-order valence-corrected chi connectivity index (χ4v) is 3.18. The molecule has 1 fully saturated rings. The van der Waals surface area contributed by atoms with Gasteiger partial charge in [0.15, 0.2) is 0 Å². The van der Waals surface area contributed by atoms with Crippen molar-refractivity contribution in [2.75, 3.05) is 0 Å². The van der Waals surface area contributed by atoms with Crippen LogP contribution in [0.15, 0.2) is 0 Å². The number of fused-ring (bicyclic) bond motifs is 1. The van der Waals surface area contributed by atoms with E-state index in [1.807, 2.05) is 0 Å². The molecule has 1 saturated carbocycles. The molecule has 4 heteroatoms. The van der Waals surface area contributed by atoms with Crippen LogP contribution in [0.4, 0.5) is 0 Å². The van der Waals surface area contributed by atoms with Crippen LogP contribution in [-0.4, -0.2) is 21.0 Å². The summed E-state index contributed by atoms with van der Waals surface area (Å²) in [7, 11) is 0. The zero-order valence-corrected chi connectivity index (χ0v) is 9.91. The Morgan fingerprint density at radius 3 is 2.71 bits per heavy atom. The van der Waals surface area contributed by atoms with Crippen molar-refractivity contribution >= 4 is 5.97 Å². The molecule has 0 saturated heterocycles. The fourth-order valence-electron chi connectivity index (χ4n) is 3.18. The van der Waals surface area contributed by atoms with Crippen molar-refractivity contribution in [2.45, 2.75) is 56.8 Å². The number of aryl methyl sites for hydroxylation is 1. The Labute approximate surface area is 100 Å². The molecule has 3 rings (SSSR count). The monoisotopic (exact) mass is 234 g/mol. The van der Waals surface area contributed by atoms with Crippen molar-refractivity contribution in [3.05, 3.63) is 17.2 Å². The van der Waals surface area contributed by atoms with Gasteiger partial charge in [-0.3, -0.25) is 4.79 Å². The van der Waals surface area contributed by atoms with Gasteiger partial charge in [0, 0.05) is 11.6 Å². The van der Waals surface area contributed by atoms with Crippen molar-refractivity contribution in [2.24, 2.45) is 0 Å². The molecule has 0 radical (unpaired) electrons. The molecule has 1 aromatic heterocycles. The zero-order valence-electron chi connectivity index (χ0n) is 9.91. The number of aromatic nitrogens is 2. The van der Waals surface area contributed by atoms with E-state index in [4.69, 9.17) is 0 Å². The summed E-state index contributed by atoms with van der Waals surface area (Å²) in [6.07, 6.45) is 7.59. The van der Waals surface area contributed by atoms with Gasteiger partial charge in [-0.15, -0.1) is 0 Å². The number of H-pyrrole nitrogens is 1. The Morgan fingerprint density at radius 2 is 2.00 bits per heavy atom. The molecule has 1 unspecified atom stereocenters. The van der Waals surface area contributed by atoms with E-state index in [2.05, 4.69) is 9.97 Å². The first-order chi connectivity index (χ1) is 8.25.